The molecule has 0 saturated heterocycles. The first-order valence-corrected chi connectivity index (χ1v) is 3.65. The van der Waals surface area contributed by atoms with E-state index in [4.69, 9.17) is 4.74 Å². The van der Waals surface area contributed by atoms with Crippen molar-refractivity contribution in [1.82, 2.24) is 0 Å². The largest absolute Gasteiger partial charge is 0.461 e. The van der Waals surface area contributed by atoms with Gasteiger partial charge in [0.1, 0.15) is 5.71 Å². The van der Waals surface area contributed by atoms with E-state index in [1.54, 1.807) is 13.8 Å². The van der Waals surface area contributed by atoms with Gasteiger partial charge in [-0.2, -0.15) is 0 Å². The maximum atomic E-state index is 11.0. The predicted molar refractivity (Wildman–Crippen MR) is 49.1 cm³/mol. The molecule has 0 rings (SSSR count). The number of hydrogen-bond acceptors (Lipinski definition) is 3. The number of allylic oxidation sites excluding steroid dienone is 1. The summed E-state index contributed by atoms with van der Waals surface area (Å²) < 4.78 is 4.71. The van der Waals surface area contributed by atoms with Gasteiger partial charge in [-0.3, -0.25) is 0 Å². The van der Waals surface area contributed by atoms with Gasteiger partial charge in [-0.05, 0) is 19.9 Å². The number of aliphatic imine (C=N–C) groups is 1. The van der Waals surface area contributed by atoms with Crippen molar-refractivity contribution in [3.05, 3.63) is 24.9 Å². The molecule has 0 spiro atoms. The second-order valence-electron chi connectivity index (χ2n) is 2.16. The number of esters is 1. The van der Waals surface area contributed by atoms with Gasteiger partial charge >= 0.3 is 5.97 Å². The summed E-state index contributed by atoms with van der Waals surface area (Å²) in [6, 6.07) is 0. The summed E-state index contributed by atoms with van der Waals surface area (Å²) in [5.74, 6) is -0.463. The van der Waals surface area contributed by atoms with Crippen LogP contribution in [0.25, 0.3) is 0 Å². The van der Waals surface area contributed by atoms with Gasteiger partial charge in [0.05, 0.1) is 6.61 Å². The normalized spacial score (nSPS) is 10.7. The molecular weight excluding hydrogens is 154 g/mol. The monoisotopic (exact) mass is 167 g/mol. The van der Waals surface area contributed by atoms with Crippen LogP contribution in [0.4, 0.5) is 0 Å². The van der Waals surface area contributed by atoms with Crippen LogP contribution in [0, 0.1) is 0 Å². The SMILES string of the molecule is C=CC(=NC(=C)C)C(=O)OCC. The van der Waals surface area contributed by atoms with Gasteiger partial charge in [-0.25, -0.2) is 9.79 Å². The fraction of sp³-hybridized carbons (Fsp3) is 0.333. The van der Waals surface area contributed by atoms with Crippen LogP contribution in [0.2, 0.25) is 0 Å². The smallest absolute Gasteiger partial charge is 0.356 e. The maximum Gasteiger partial charge on any atom is 0.356 e. The lowest BCUT2D eigenvalue weighted by Gasteiger charge is -2.00. The average Bonchev–Trinajstić information content (AvgIpc) is 2.00. The first-order valence-electron chi connectivity index (χ1n) is 3.65. The molecule has 0 aromatic heterocycles. The summed E-state index contributed by atoms with van der Waals surface area (Å²) in [7, 11) is 0. The predicted octanol–water partition coefficient (Wildman–Crippen LogP) is 1.71. The van der Waals surface area contributed by atoms with E-state index in [0.29, 0.717) is 12.3 Å². The van der Waals surface area contributed by atoms with Crippen LogP contribution in [-0.2, 0) is 9.53 Å². The molecule has 0 atom stereocenters. The Morgan fingerprint density at radius 2 is 2.25 bits per heavy atom. The molecule has 0 amide bonds. The highest BCUT2D eigenvalue weighted by Gasteiger charge is 2.07. The molecule has 12 heavy (non-hydrogen) atoms. The molecule has 0 heterocycles. The third kappa shape index (κ3) is 3.71. The van der Waals surface area contributed by atoms with E-state index >= 15 is 0 Å². The highest BCUT2D eigenvalue weighted by atomic mass is 16.5. The van der Waals surface area contributed by atoms with E-state index in [-0.39, 0.29) is 5.71 Å². The van der Waals surface area contributed by atoms with E-state index in [1.807, 2.05) is 0 Å². The van der Waals surface area contributed by atoms with Crippen molar-refractivity contribution in [1.29, 1.82) is 0 Å². The van der Waals surface area contributed by atoms with Gasteiger partial charge in [0.25, 0.3) is 0 Å². The number of carbonyl (C=O) groups excluding carboxylic acids is 1. The van der Waals surface area contributed by atoms with Crippen molar-refractivity contribution < 1.29 is 9.53 Å². The topological polar surface area (TPSA) is 38.7 Å². The molecule has 3 heteroatoms. The van der Waals surface area contributed by atoms with Crippen LogP contribution in [-0.4, -0.2) is 18.3 Å². The van der Waals surface area contributed by atoms with Crippen LogP contribution >= 0.6 is 0 Å². The molecule has 0 aromatic carbocycles. The number of rotatable bonds is 4. The van der Waals surface area contributed by atoms with Crippen molar-refractivity contribution in [3.63, 3.8) is 0 Å². The molecule has 0 fully saturated rings. The first kappa shape index (κ1) is 10.6. The maximum absolute atomic E-state index is 11.0. The molecule has 0 aliphatic rings. The average molecular weight is 167 g/mol. The van der Waals surface area contributed by atoms with E-state index < -0.39 is 5.97 Å². The lowest BCUT2D eigenvalue weighted by Crippen LogP contribution is -2.15. The molecule has 0 aromatic rings. The molecule has 0 bridgehead atoms. The van der Waals surface area contributed by atoms with E-state index in [0.717, 1.165) is 0 Å². The van der Waals surface area contributed by atoms with Gasteiger partial charge < -0.3 is 4.74 Å². The van der Waals surface area contributed by atoms with Gasteiger partial charge in [-0.15, -0.1) is 0 Å². The Morgan fingerprint density at radius 3 is 2.58 bits per heavy atom. The van der Waals surface area contributed by atoms with Crippen molar-refractivity contribution >= 4 is 11.7 Å². The molecule has 0 N–H and O–H groups in total. The summed E-state index contributed by atoms with van der Waals surface area (Å²) >= 11 is 0. The van der Waals surface area contributed by atoms with E-state index in [1.165, 1.54) is 6.08 Å². The Bertz CT molecular complexity index is 229. The Kier molecular flexibility index (Phi) is 4.69. The summed E-state index contributed by atoms with van der Waals surface area (Å²) in [4.78, 5) is 14.9. The highest BCUT2D eigenvalue weighted by molar-refractivity contribution is 6.41. The van der Waals surface area contributed by atoms with E-state index in [9.17, 15) is 4.79 Å². The molecular formula is C9H13NO2. The Labute approximate surface area is 72.4 Å². The van der Waals surface area contributed by atoms with Crippen LogP contribution < -0.4 is 0 Å². The lowest BCUT2D eigenvalue weighted by atomic mass is 10.3. The van der Waals surface area contributed by atoms with Gasteiger partial charge in [0.2, 0.25) is 0 Å². The van der Waals surface area contributed by atoms with Crippen LogP contribution in [0.5, 0.6) is 0 Å². The van der Waals surface area contributed by atoms with Crippen LogP contribution in [0.1, 0.15) is 13.8 Å². The highest BCUT2D eigenvalue weighted by Crippen LogP contribution is 1.94. The Hall–Kier alpha value is -1.38. The zero-order valence-electron chi connectivity index (χ0n) is 7.46. The zero-order valence-corrected chi connectivity index (χ0v) is 7.46. The summed E-state index contributed by atoms with van der Waals surface area (Å²) in [5, 5.41) is 0. The van der Waals surface area contributed by atoms with E-state index in [2.05, 4.69) is 18.2 Å². The summed E-state index contributed by atoms with van der Waals surface area (Å²) in [6.07, 6.45) is 1.35. The standard InChI is InChI=1S/C9H13NO2/c1-5-8(10-7(3)4)9(11)12-6-2/h5H,1,3,6H2,2,4H3. The summed E-state index contributed by atoms with van der Waals surface area (Å²) in [6.45, 7) is 10.8. The molecule has 0 radical (unpaired) electrons. The minimum absolute atomic E-state index is 0.198. The van der Waals surface area contributed by atoms with Crippen LogP contribution in [0.15, 0.2) is 29.9 Å². The fourth-order valence-corrected chi connectivity index (χ4v) is 0.585. The Morgan fingerprint density at radius 1 is 1.67 bits per heavy atom. The quantitative estimate of drug-likeness (QED) is 0.472. The third-order valence-electron chi connectivity index (χ3n) is 0.989. The number of hydrogen-bond donors (Lipinski definition) is 0. The second-order valence-corrected chi connectivity index (χ2v) is 2.16. The Balaban J connectivity index is 4.44. The molecule has 3 nitrogen and oxygen atoms in total. The third-order valence-corrected chi connectivity index (χ3v) is 0.989. The van der Waals surface area contributed by atoms with Crippen molar-refractivity contribution in [2.24, 2.45) is 4.99 Å². The lowest BCUT2D eigenvalue weighted by molar-refractivity contribution is -0.134. The number of carbonyl (C=O) groups is 1. The minimum Gasteiger partial charge on any atom is -0.461 e. The van der Waals surface area contributed by atoms with Crippen LogP contribution in [0.3, 0.4) is 0 Å². The molecule has 66 valence electrons. The van der Waals surface area contributed by atoms with Crippen molar-refractivity contribution in [2.75, 3.05) is 6.61 Å². The van der Waals surface area contributed by atoms with Gasteiger partial charge in [-0.1, -0.05) is 13.2 Å². The molecule has 0 aliphatic carbocycles. The molecule has 0 unspecified atom stereocenters. The minimum atomic E-state index is -0.463. The van der Waals surface area contributed by atoms with Gasteiger partial charge in [0, 0.05) is 5.70 Å². The number of nitrogens with zero attached hydrogens (tertiary/aromatic N) is 1. The summed E-state index contributed by atoms with van der Waals surface area (Å²) in [5.41, 5.74) is 0.752. The first-order chi connectivity index (χ1) is 5.61. The fourth-order valence-electron chi connectivity index (χ4n) is 0.585. The molecule has 0 saturated carbocycles. The second kappa shape index (κ2) is 5.29. The van der Waals surface area contributed by atoms with Crippen molar-refractivity contribution in [3.8, 4) is 0 Å². The van der Waals surface area contributed by atoms with Crippen molar-refractivity contribution in [2.45, 2.75) is 13.8 Å². The van der Waals surface area contributed by atoms with Gasteiger partial charge in [0.15, 0.2) is 0 Å². The zero-order chi connectivity index (χ0) is 9.56. The molecule has 0 aliphatic heterocycles. The number of ether oxygens (including phenoxy) is 1.